The highest BCUT2D eigenvalue weighted by Crippen LogP contribution is 2.31. The van der Waals surface area contributed by atoms with Crippen LogP contribution in [0.3, 0.4) is 0 Å². The Bertz CT molecular complexity index is 1030. The second-order valence-corrected chi connectivity index (χ2v) is 8.23. The predicted molar refractivity (Wildman–Crippen MR) is 124 cm³/mol. The van der Waals surface area contributed by atoms with Gasteiger partial charge in [0.05, 0.1) is 36.5 Å². The van der Waals surface area contributed by atoms with Crippen molar-refractivity contribution in [3.63, 3.8) is 0 Å². The molecule has 170 valence electrons. The molecule has 0 bridgehead atoms. The van der Waals surface area contributed by atoms with Gasteiger partial charge in [-0.15, -0.1) is 0 Å². The number of likely N-dealkylation sites (tertiary alicyclic amines) is 1. The first kappa shape index (κ1) is 23.6. The molecule has 9 heteroatoms. The maximum atomic E-state index is 13.0. The smallest absolute Gasteiger partial charge is 0.257 e. The number of anilines is 2. The molecule has 3 rings (SSSR count). The third kappa shape index (κ3) is 5.77. The number of hydrogen-bond donors (Lipinski definition) is 3. The summed E-state index contributed by atoms with van der Waals surface area (Å²) >= 11 is 6.14. The molecular weight excluding hydrogens is 432 g/mol. The van der Waals surface area contributed by atoms with E-state index in [1.165, 1.54) is 7.11 Å². The Kier molecular flexibility index (Phi) is 7.71. The SMILES string of the molecule is COc1cc(Cl)c(C)cc1NC(=O)c1ccccc1NC(=O)CN1CCCC(C(N)=O)C1. The van der Waals surface area contributed by atoms with Crippen LogP contribution < -0.4 is 21.1 Å². The Morgan fingerprint density at radius 1 is 1.19 bits per heavy atom. The highest BCUT2D eigenvalue weighted by atomic mass is 35.5. The molecule has 2 aromatic carbocycles. The minimum atomic E-state index is -0.396. The molecule has 32 heavy (non-hydrogen) atoms. The van der Waals surface area contributed by atoms with E-state index >= 15 is 0 Å². The van der Waals surface area contributed by atoms with Gasteiger partial charge >= 0.3 is 0 Å². The average Bonchev–Trinajstić information content (AvgIpc) is 2.76. The highest BCUT2D eigenvalue weighted by molar-refractivity contribution is 6.31. The van der Waals surface area contributed by atoms with E-state index in [1.807, 2.05) is 11.8 Å². The number of nitrogens with two attached hydrogens (primary N) is 1. The van der Waals surface area contributed by atoms with Crippen LogP contribution in [0.5, 0.6) is 5.75 Å². The van der Waals surface area contributed by atoms with Crippen molar-refractivity contribution in [2.24, 2.45) is 11.7 Å². The molecule has 1 aliphatic rings. The highest BCUT2D eigenvalue weighted by Gasteiger charge is 2.25. The minimum absolute atomic E-state index is 0.115. The number of primary amides is 1. The van der Waals surface area contributed by atoms with Crippen molar-refractivity contribution in [3.05, 3.63) is 52.5 Å². The summed E-state index contributed by atoms with van der Waals surface area (Å²) < 4.78 is 5.32. The number of methoxy groups -OCH3 is 1. The number of nitrogens with zero attached hydrogens (tertiary/aromatic N) is 1. The molecule has 0 saturated carbocycles. The van der Waals surface area contributed by atoms with Crippen LogP contribution in [0.2, 0.25) is 5.02 Å². The van der Waals surface area contributed by atoms with Gasteiger partial charge in [-0.05, 0) is 50.1 Å². The van der Waals surface area contributed by atoms with Crippen molar-refractivity contribution in [1.29, 1.82) is 0 Å². The van der Waals surface area contributed by atoms with E-state index in [0.717, 1.165) is 24.9 Å². The van der Waals surface area contributed by atoms with Crippen molar-refractivity contribution in [1.82, 2.24) is 4.90 Å². The fraction of sp³-hybridized carbons (Fsp3) is 0.348. The second-order valence-electron chi connectivity index (χ2n) is 7.83. The number of nitrogens with one attached hydrogen (secondary N) is 2. The summed E-state index contributed by atoms with van der Waals surface area (Å²) in [6, 6.07) is 10.1. The van der Waals surface area contributed by atoms with Crippen molar-refractivity contribution >= 4 is 40.7 Å². The first-order chi connectivity index (χ1) is 15.3. The summed E-state index contributed by atoms with van der Waals surface area (Å²) in [5.74, 6) is -0.815. The van der Waals surface area contributed by atoms with Crippen LogP contribution in [0.4, 0.5) is 11.4 Å². The number of ether oxygens (including phenoxy) is 1. The molecule has 1 unspecified atom stereocenters. The number of para-hydroxylation sites is 1. The van der Waals surface area contributed by atoms with Gasteiger partial charge < -0.3 is 21.1 Å². The zero-order chi connectivity index (χ0) is 23.3. The van der Waals surface area contributed by atoms with Gasteiger partial charge in [0.1, 0.15) is 5.75 Å². The molecule has 0 aromatic heterocycles. The van der Waals surface area contributed by atoms with Crippen LogP contribution in [-0.4, -0.2) is 49.4 Å². The number of carbonyl (C=O) groups excluding carboxylic acids is 3. The molecule has 1 aliphatic heterocycles. The van der Waals surface area contributed by atoms with Gasteiger partial charge in [0.2, 0.25) is 11.8 Å². The van der Waals surface area contributed by atoms with Crippen molar-refractivity contribution in [2.75, 3.05) is 37.4 Å². The third-order valence-electron chi connectivity index (χ3n) is 5.45. The molecule has 4 N–H and O–H groups in total. The lowest BCUT2D eigenvalue weighted by molar-refractivity contribution is -0.125. The lowest BCUT2D eigenvalue weighted by atomic mass is 9.97. The minimum Gasteiger partial charge on any atom is -0.495 e. The number of rotatable bonds is 7. The third-order valence-corrected chi connectivity index (χ3v) is 5.86. The van der Waals surface area contributed by atoms with E-state index in [4.69, 9.17) is 22.1 Å². The number of piperidine rings is 1. The maximum Gasteiger partial charge on any atom is 0.257 e. The zero-order valence-electron chi connectivity index (χ0n) is 18.1. The fourth-order valence-corrected chi connectivity index (χ4v) is 3.89. The Labute approximate surface area is 192 Å². The van der Waals surface area contributed by atoms with E-state index in [1.54, 1.807) is 36.4 Å². The standard InChI is InChI=1S/C23H27ClN4O4/c1-14-10-19(20(32-2)11-17(14)24)27-23(31)16-7-3-4-8-18(16)26-21(29)13-28-9-5-6-15(12-28)22(25)30/h3-4,7-8,10-11,15H,5-6,9,12-13H2,1-2H3,(H2,25,30)(H,26,29)(H,27,31). The van der Waals surface area contributed by atoms with Crippen molar-refractivity contribution in [2.45, 2.75) is 19.8 Å². The van der Waals surface area contributed by atoms with E-state index in [-0.39, 0.29) is 24.3 Å². The number of benzene rings is 2. The summed E-state index contributed by atoms with van der Waals surface area (Å²) in [7, 11) is 1.49. The van der Waals surface area contributed by atoms with Gasteiger partial charge in [0, 0.05) is 17.6 Å². The maximum absolute atomic E-state index is 13.0. The Morgan fingerprint density at radius 2 is 1.94 bits per heavy atom. The molecular formula is C23H27ClN4O4. The number of carbonyl (C=O) groups is 3. The molecule has 0 spiro atoms. The first-order valence-corrected chi connectivity index (χ1v) is 10.7. The summed E-state index contributed by atoms with van der Waals surface area (Å²) in [5, 5.41) is 6.16. The van der Waals surface area contributed by atoms with Crippen LogP contribution in [0, 0.1) is 12.8 Å². The lowest BCUT2D eigenvalue weighted by Gasteiger charge is -2.30. The van der Waals surface area contributed by atoms with Crippen LogP contribution in [0.1, 0.15) is 28.8 Å². The summed E-state index contributed by atoms with van der Waals surface area (Å²) in [4.78, 5) is 39.0. The van der Waals surface area contributed by atoms with Gasteiger partial charge in [0.15, 0.2) is 0 Å². The van der Waals surface area contributed by atoms with Gasteiger partial charge in [-0.2, -0.15) is 0 Å². The summed E-state index contributed by atoms with van der Waals surface area (Å²) in [6.07, 6.45) is 1.55. The number of halogens is 1. The van der Waals surface area contributed by atoms with E-state index in [0.29, 0.717) is 34.3 Å². The molecule has 1 saturated heterocycles. The summed E-state index contributed by atoms with van der Waals surface area (Å²) in [6.45, 7) is 3.12. The number of hydrogen-bond acceptors (Lipinski definition) is 5. The molecule has 1 heterocycles. The Hall–Kier alpha value is -3.10. The van der Waals surface area contributed by atoms with E-state index in [2.05, 4.69) is 10.6 Å². The van der Waals surface area contributed by atoms with E-state index < -0.39 is 5.91 Å². The fourth-order valence-electron chi connectivity index (χ4n) is 3.73. The topological polar surface area (TPSA) is 114 Å². The monoisotopic (exact) mass is 458 g/mol. The van der Waals surface area contributed by atoms with Crippen LogP contribution in [0.25, 0.3) is 0 Å². The average molecular weight is 459 g/mol. The van der Waals surface area contributed by atoms with Gasteiger partial charge in [-0.3, -0.25) is 19.3 Å². The predicted octanol–water partition coefficient (Wildman–Crippen LogP) is 3.05. The molecule has 2 aromatic rings. The van der Waals surface area contributed by atoms with Crippen molar-refractivity contribution < 1.29 is 19.1 Å². The quantitative estimate of drug-likeness (QED) is 0.590. The van der Waals surface area contributed by atoms with Gasteiger partial charge in [-0.1, -0.05) is 23.7 Å². The zero-order valence-corrected chi connectivity index (χ0v) is 18.9. The van der Waals surface area contributed by atoms with Gasteiger partial charge in [0.25, 0.3) is 5.91 Å². The molecule has 1 atom stereocenters. The first-order valence-electron chi connectivity index (χ1n) is 10.3. The largest absolute Gasteiger partial charge is 0.495 e. The lowest BCUT2D eigenvalue weighted by Crippen LogP contribution is -2.44. The summed E-state index contributed by atoms with van der Waals surface area (Å²) in [5.41, 5.74) is 7.38. The number of aryl methyl sites for hydroxylation is 1. The molecule has 0 radical (unpaired) electrons. The number of amides is 3. The molecule has 0 aliphatic carbocycles. The van der Waals surface area contributed by atoms with Crippen molar-refractivity contribution in [3.8, 4) is 5.75 Å². The molecule has 8 nitrogen and oxygen atoms in total. The van der Waals surface area contributed by atoms with Gasteiger partial charge in [-0.25, -0.2) is 0 Å². The molecule has 3 amide bonds. The van der Waals surface area contributed by atoms with E-state index in [9.17, 15) is 14.4 Å². The molecule has 1 fully saturated rings. The van der Waals surface area contributed by atoms with Crippen LogP contribution in [0.15, 0.2) is 36.4 Å². The Morgan fingerprint density at radius 3 is 2.66 bits per heavy atom. The van der Waals surface area contributed by atoms with Crippen LogP contribution in [-0.2, 0) is 9.59 Å². The Balaban J connectivity index is 1.70. The normalized spacial score (nSPS) is 16.3. The van der Waals surface area contributed by atoms with Crippen LogP contribution >= 0.6 is 11.6 Å². The second kappa shape index (κ2) is 10.5.